The van der Waals surface area contributed by atoms with Crippen molar-refractivity contribution in [2.24, 2.45) is 0 Å². The number of methoxy groups -OCH3 is 3. The first-order valence-corrected chi connectivity index (χ1v) is 14.1. The van der Waals surface area contributed by atoms with Crippen LogP contribution in [0.15, 0.2) is 54.6 Å². The Balaban J connectivity index is 1.76. The van der Waals surface area contributed by atoms with E-state index in [4.69, 9.17) is 14.2 Å². The van der Waals surface area contributed by atoms with Crippen molar-refractivity contribution in [1.29, 1.82) is 0 Å². The van der Waals surface area contributed by atoms with E-state index in [0.29, 0.717) is 44.0 Å². The summed E-state index contributed by atoms with van der Waals surface area (Å²) in [4.78, 5) is 32.0. The zero-order chi connectivity index (χ0) is 30.7. The Morgan fingerprint density at radius 2 is 1.62 bits per heavy atom. The number of nitrogens with one attached hydrogen (secondary N) is 1. The van der Waals surface area contributed by atoms with E-state index in [0.717, 1.165) is 27.5 Å². The van der Waals surface area contributed by atoms with Gasteiger partial charge in [-0.2, -0.15) is 13.2 Å². The fourth-order valence-corrected chi connectivity index (χ4v) is 5.12. The maximum Gasteiger partial charge on any atom is 0.416 e. The molecule has 0 bridgehead atoms. The Hall–Kier alpha value is -3.77. The van der Waals surface area contributed by atoms with E-state index in [1.165, 1.54) is 24.1 Å². The average Bonchev–Trinajstić information content (AvgIpc) is 3.38. The zero-order valence-corrected chi connectivity index (χ0v) is 24.9. The molecule has 42 heavy (non-hydrogen) atoms. The summed E-state index contributed by atoms with van der Waals surface area (Å²) in [6.45, 7) is 3.12. The number of carbonyl (C=O) groups excluding carboxylic acids is 2. The van der Waals surface area contributed by atoms with Crippen molar-refractivity contribution in [3.05, 3.63) is 75.5 Å². The van der Waals surface area contributed by atoms with Crippen LogP contribution >= 0.6 is 11.3 Å². The molecule has 0 aliphatic carbocycles. The second-order valence-electron chi connectivity index (χ2n) is 9.54. The largest absolute Gasteiger partial charge is 0.493 e. The monoisotopic (exact) mass is 607 g/mol. The minimum atomic E-state index is -4.48. The quantitative estimate of drug-likeness (QED) is 0.220. The number of benzene rings is 2. The number of halogens is 3. The van der Waals surface area contributed by atoms with Crippen LogP contribution in [0, 0.1) is 6.92 Å². The maximum atomic E-state index is 13.7. The van der Waals surface area contributed by atoms with Crippen molar-refractivity contribution < 1.29 is 37.0 Å². The van der Waals surface area contributed by atoms with Crippen LogP contribution in [0.5, 0.6) is 11.5 Å². The van der Waals surface area contributed by atoms with Gasteiger partial charge in [0.1, 0.15) is 6.54 Å². The second-order valence-corrected chi connectivity index (χ2v) is 10.9. The molecule has 0 radical (unpaired) electrons. The fourth-order valence-electron chi connectivity index (χ4n) is 4.21. The van der Waals surface area contributed by atoms with Crippen molar-refractivity contribution in [2.75, 3.05) is 52.9 Å². The molecule has 1 N–H and O–H groups in total. The average molecular weight is 608 g/mol. The zero-order valence-electron chi connectivity index (χ0n) is 24.1. The molecule has 3 amide bonds. The van der Waals surface area contributed by atoms with E-state index in [-0.39, 0.29) is 24.7 Å². The smallest absolute Gasteiger partial charge is 0.416 e. The molecule has 0 saturated carbocycles. The fraction of sp³-hybridized carbons (Fsp3) is 0.400. The number of aryl methyl sites for hydroxylation is 1. The van der Waals surface area contributed by atoms with Crippen LogP contribution in [0.3, 0.4) is 0 Å². The summed E-state index contributed by atoms with van der Waals surface area (Å²) in [6.07, 6.45) is -3.47. The van der Waals surface area contributed by atoms with Crippen LogP contribution in [-0.4, -0.2) is 69.3 Å². The first-order valence-electron chi connectivity index (χ1n) is 13.3. The first kappa shape index (κ1) is 32.7. The molecule has 3 rings (SSSR count). The highest BCUT2D eigenvalue weighted by atomic mass is 32.1. The van der Waals surface area contributed by atoms with Crippen LogP contribution in [0.4, 0.5) is 23.7 Å². The van der Waals surface area contributed by atoms with Crippen LogP contribution < -0.4 is 14.8 Å². The molecule has 228 valence electrons. The van der Waals surface area contributed by atoms with Crippen molar-refractivity contribution in [2.45, 2.75) is 32.5 Å². The molecule has 0 aliphatic rings. The highest BCUT2D eigenvalue weighted by molar-refractivity contribution is 7.11. The normalized spacial score (nSPS) is 11.2. The Labute approximate surface area is 248 Å². The molecule has 0 unspecified atom stereocenters. The molecule has 2 aromatic carbocycles. The number of hydrogen-bond acceptors (Lipinski definition) is 6. The number of rotatable bonds is 14. The number of amides is 3. The molecule has 3 aromatic rings. The van der Waals surface area contributed by atoms with Gasteiger partial charge in [0, 0.05) is 42.2 Å². The lowest BCUT2D eigenvalue weighted by Crippen LogP contribution is -2.45. The Morgan fingerprint density at radius 1 is 0.905 bits per heavy atom. The predicted octanol–water partition coefficient (Wildman–Crippen LogP) is 6.23. The third-order valence-corrected chi connectivity index (χ3v) is 7.45. The van der Waals surface area contributed by atoms with Crippen LogP contribution in [0.25, 0.3) is 0 Å². The molecule has 12 heteroatoms. The third kappa shape index (κ3) is 9.66. The lowest BCUT2D eigenvalue weighted by molar-refractivity contribution is -0.137. The molecule has 0 saturated heterocycles. The molecule has 0 aliphatic heterocycles. The lowest BCUT2D eigenvalue weighted by atomic mass is 10.1. The highest BCUT2D eigenvalue weighted by Crippen LogP contribution is 2.30. The van der Waals surface area contributed by atoms with E-state index in [1.807, 2.05) is 37.3 Å². The molecule has 8 nitrogen and oxygen atoms in total. The Morgan fingerprint density at radius 3 is 2.21 bits per heavy atom. The van der Waals surface area contributed by atoms with Crippen molar-refractivity contribution in [1.82, 2.24) is 9.80 Å². The van der Waals surface area contributed by atoms with E-state index in [1.54, 1.807) is 30.5 Å². The van der Waals surface area contributed by atoms with Gasteiger partial charge in [0.2, 0.25) is 5.91 Å². The van der Waals surface area contributed by atoms with Gasteiger partial charge in [-0.3, -0.25) is 4.79 Å². The number of nitrogens with zero attached hydrogens (tertiary/aromatic N) is 2. The van der Waals surface area contributed by atoms with Gasteiger partial charge in [-0.1, -0.05) is 6.07 Å². The Kier molecular flexibility index (Phi) is 12.0. The lowest BCUT2D eigenvalue weighted by Gasteiger charge is -2.28. The van der Waals surface area contributed by atoms with E-state index < -0.39 is 17.8 Å². The number of alkyl halides is 3. The minimum absolute atomic E-state index is 0.191. The van der Waals surface area contributed by atoms with Gasteiger partial charge in [0.05, 0.1) is 26.3 Å². The molecule has 1 heterocycles. The van der Waals surface area contributed by atoms with E-state index in [2.05, 4.69) is 5.32 Å². The summed E-state index contributed by atoms with van der Waals surface area (Å²) >= 11 is 1.59. The van der Waals surface area contributed by atoms with Gasteiger partial charge >= 0.3 is 12.2 Å². The van der Waals surface area contributed by atoms with Gasteiger partial charge < -0.3 is 29.3 Å². The molecule has 0 spiro atoms. The molecular weight excluding hydrogens is 571 g/mol. The van der Waals surface area contributed by atoms with Gasteiger partial charge in [0.15, 0.2) is 11.5 Å². The maximum absolute atomic E-state index is 13.7. The van der Waals surface area contributed by atoms with Crippen molar-refractivity contribution in [3.8, 4) is 11.5 Å². The van der Waals surface area contributed by atoms with Crippen LogP contribution in [0.2, 0.25) is 0 Å². The van der Waals surface area contributed by atoms with Gasteiger partial charge in [-0.25, -0.2) is 4.79 Å². The van der Waals surface area contributed by atoms with E-state index in [9.17, 15) is 22.8 Å². The minimum Gasteiger partial charge on any atom is -0.493 e. The molecular formula is C30H36F3N3O5S. The number of carbonyl (C=O) groups is 2. The molecule has 0 fully saturated rings. The van der Waals surface area contributed by atoms with Crippen molar-refractivity contribution in [3.63, 3.8) is 0 Å². The van der Waals surface area contributed by atoms with Crippen LogP contribution in [-0.2, 0) is 28.7 Å². The highest BCUT2D eigenvalue weighted by Gasteiger charge is 2.30. The first-order chi connectivity index (χ1) is 20.0. The molecule has 0 atom stereocenters. The second kappa shape index (κ2) is 15.5. The SMILES string of the molecule is COCCCN(CC(=O)N(CCc1ccc(OC)c(OC)c1)Cc1ccc(C)s1)C(=O)Nc1ccc(C(F)(F)F)cc1. The number of urea groups is 1. The number of hydrogen-bond donors (Lipinski definition) is 1. The van der Waals surface area contributed by atoms with Gasteiger partial charge in [-0.05, 0) is 73.9 Å². The summed E-state index contributed by atoms with van der Waals surface area (Å²) in [5.74, 6) is 0.932. The van der Waals surface area contributed by atoms with Gasteiger partial charge in [0.25, 0.3) is 0 Å². The van der Waals surface area contributed by atoms with E-state index >= 15 is 0 Å². The summed E-state index contributed by atoms with van der Waals surface area (Å²) in [5, 5.41) is 2.61. The van der Waals surface area contributed by atoms with Gasteiger partial charge in [-0.15, -0.1) is 11.3 Å². The number of ether oxygens (including phenoxy) is 3. The standard InChI is InChI=1S/C30H36F3N3O5S/c1-21-6-12-25(42-21)19-35(16-14-22-7-13-26(40-3)27(18-22)41-4)28(37)20-36(15-5-17-39-2)29(38)34-24-10-8-23(9-11-24)30(31,32)33/h6-13,18H,5,14-17,19-20H2,1-4H3,(H,34,38). The Bertz CT molecular complexity index is 1310. The summed E-state index contributed by atoms with van der Waals surface area (Å²) in [5.41, 5.74) is 0.322. The van der Waals surface area contributed by atoms with Crippen molar-refractivity contribution >= 4 is 29.0 Å². The topological polar surface area (TPSA) is 80.3 Å². The summed E-state index contributed by atoms with van der Waals surface area (Å²) in [7, 11) is 4.66. The van der Waals surface area contributed by atoms with Crippen LogP contribution in [0.1, 0.15) is 27.3 Å². The number of anilines is 1. The third-order valence-electron chi connectivity index (χ3n) is 6.47. The molecule has 1 aromatic heterocycles. The summed E-state index contributed by atoms with van der Waals surface area (Å²) < 4.78 is 54.7. The predicted molar refractivity (Wildman–Crippen MR) is 156 cm³/mol. The summed E-state index contributed by atoms with van der Waals surface area (Å²) in [6, 6.07) is 13.1. The number of thiophene rings is 1.